The third kappa shape index (κ3) is 8.62. The highest BCUT2D eigenvalue weighted by Crippen LogP contribution is 2.47. The number of benzene rings is 5. The Kier molecular flexibility index (Phi) is 12.6. The van der Waals surface area contributed by atoms with Gasteiger partial charge in [0, 0.05) is 32.8 Å². The van der Waals surface area contributed by atoms with Crippen LogP contribution in [0.25, 0.3) is 21.9 Å². The number of aliphatic hydroxyl groups is 1. The largest absolute Gasteiger partial charge is 0.497 e. The van der Waals surface area contributed by atoms with Crippen LogP contribution >= 0.6 is 0 Å². The minimum absolute atomic E-state index is 0.0105. The van der Waals surface area contributed by atoms with Gasteiger partial charge in [0.25, 0.3) is 0 Å². The number of esters is 3. The van der Waals surface area contributed by atoms with Crippen molar-refractivity contribution in [3.05, 3.63) is 156 Å². The highest BCUT2D eigenvalue weighted by atomic mass is 16.6. The highest BCUT2D eigenvalue weighted by Gasteiger charge is 2.50. The lowest BCUT2D eigenvalue weighted by molar-refractivity contribution is -0.187. The van der Waals surface area contributed by atoms with E-state index in [-0.39, 0.29) is 18.8 Å². The predicted octanol–water partition coefficient (Wildman–Crippen LogP) is 7.29. The van der Waals surface area contributed by atoms with Gasteiger partial charge in [0.05, 0.1) is 39.3 Å². The van der Waals surface area contributed by atoms with Gasteiger partial charge >= 0.3 is 17.9 Å². The van der Waals surface area contributed by atoms with Crippen LogP contribution in [0.2, 0.25) is 0 Å². The molecule has 1 saturated heterocycles. The van der Waals surface area contributed by atoms with Crippen molar-refractivity contribution >= 4 is 45.7 Å². The van der Waals surface area contributed by atoms with E-state index in [9.17, 15) is 19.5 Å². The number of carbonyl (C=O) groups excluding carboxylic acids is 3. The molecule has 0 radical (unpaired) electrons. The molecule has 1 aliphatic carbocycles. The molecule has 9 rings (SSSR count). The molecule has 16 nitrogen and oxygen atoms in total. The fraction of sp³-hybridized carbons (Fsp3) is 0.294. The molecule has 344 valence electrons. The lowest BCUT2D eigenvalue weighted by Gasteiger charge is -2.42. The van der Waals surface area contributed by atoms with Crippen molar-refractivity contribution in [2.75, 3.05) is 26.1 Å². The van der Waals surface area contributed by atoms with Gasteiger partial charge in [0.15, 0.2) is 35.3 Å². The van der Waals surface area contributed by atoms with Gasteiger partial charge in [-0.2, -0.15) is 0 Å². The molecule has 1 aliphatic heterocycles. The Morgan fingerprint density at radius 2 is 1.34 bits per heavy atom. The topological polar surface area (TPSA) is 192 Å². The van der Waals surface area contributed by atoms with Crippen molar-refractivity contribution in [2.24, 2.45) is 0 Å². The van der Waals surface area contributed by atoms with Crippen LogP contribution in [0.3, 0.4) is 0 Å². The second-order valence-corrected chi connectivity index (χ2v) is 16.4. The zero-order chi connectivity index (χ0) is 46.8. The predicted molar refractivity (Wildman–Crippen MR) is 244 cm³/mol. The molecule has 5 aromatic carbocycles. The number of hydrogen-bond donors (Lipinski definition) is 2. The molecule has 3 heterocycles. The number of anilines is 1. The van der Waals surface area contributed by atoms with Gasteiger partial charge < -0.3 is 43.6 Å². The van der Waals surface area contributed by atoms with Gasteiger partial charge in [-0.05, 0) is 57.3 Å². The number of aliphatic hydroxyl groups excluding tert-OH is 1. The van der Waals surface area contributed by atoms with Gasteiger partial charge in [-0.1, -0.05) is 91.0 Å². The van der Waals surface area contributed by atoms with Crippen molar-refractivity contribution in [2.45, 2.75) is 75.6 Å². The number of carbonyl (C=O) groups is 3. The van der Waals surface area contributed by atoms with E-state index in [1.165, 1.54) is 27.1 Å². The summed E-state index contributed by atoms with van der Waals surface area (Å²) in [5.74, 6) is -0.292. The average molecular weight is 908 g/mol. The van der Waals surface area contributed by atoms with E-state index in [0.717, 1.165) is 27.5 Å². The molecule has 1 fully saturated rings. The van der Waals surface area contributed by atoms with Crippen LogP contribution in [0, 0.1) is 0 Å². The molecule has 0 unspecified atom stereocenters. The average Bonchev–Trinajstić information content (AvgIpc) is 3.94. The van der Waals surface area contributed by atoms with E-state index in [4.69, 9.17) is 38.1 Å². The van der Waals surface area contributed by atoms with E-state index in [1.807, 2.05) is 115 Å². The van der Waals surface area contributed by atoms with Crippen molar-refractivity contribution in [3.8, 4) is 11.5 Å². The molecular weight excluding hydrogens is 859 g/mol. The van der Waals surface area contributed by atoms with E-state index in [2.05, 4.69) is 15.3 Å². The third-order valence-electron chi connectivity index (χ3n) is 12.3. The lowest BCUT2D eigenvalue weighted by Crippen LogP contribution is -2.49. The molecule has 67 heavy (non-hydrogen) atoms. The number of nitrogens with zero attached hydrogens (tertiary/aromatic N) is 4. The zero-order valence-electron chi connectivity index (χ0n) is 37.4. The summed E-state index contributed by atoms with van der Waals surface area (Å²) in [6, 6.07) is 35.7. The summed E-state index contributed by atoms with van der Waals surface area (Å²) in [5, 5.41) is 16.8. The number of aromatic nitrogens is 4. The number of imidazole rings is 1. The maximum Gasteiger partial charge on any atom is 0.303 e. The Bertz CT molecular complexity index is 2860. The van der Waals surface area contributed by atoms with Gasteiger partial charge in [-0.3, -0.25) is 19.0 Å². The monoisotopic (exact) mass is 907 g/mol. The first-order valence-corrected chi connectivity index (χ1v) is 21.8. The fourth-order valence-corrected chi connectivity index (χ4v) is 9.35. The number of fused-ring (bicyclic) bond motifs is 4. The van der Waals surface area contributed by atoms with Gasteiger partial charge in [0.1, 0.15) is 35.8 Å². The van der Waals surface area contributed by atoms with Crippen LogP contribution in [0.15, 0.2) is 128 Å². The minimum atomic E-state index is -1.24. The molecular formula is C51H49N5O11. The van der Waals surface area contributed by atoms with Crippen LogP contribution in [0.5, 0.6) is 11.5 Å². The number of nitrogens with one attached hydrogen (secondary N) is 1. The minimum Gasteiger partial charge on any atom is -0.497 e. The maximum absolute atomic E-state index is 12.8. The second-order valence-electron chi connectivity index (χ2n) is 16.4. The van der Waals surface area contributed by atoms with Crippen LogP contribution < -0.4 is 14.8 Å². The molecule has 0 amide bonds. The third-order valence-corrected chi connectivity index (χ3v) is 12.3. The van der Waals surface area contributed by atoms with Crippen LogP contribution in [0.4, 0.5) is 5.82 Å². The Hall–Kier alpha value is -7.40. The normalized spacial score (nSPS) is 21.3. The fourth-order valence-electron chi connectivity index (χ4n) is 9.35. The summed E-state index contributed by atoms with van der Waals surface area (Å²) in [4.78, 5) is 52.0. The highest BCUT2D eigenvalue weighted by molar-refractivity contribution is 5.89. The lowest BCUT2D eigenvalue weighted by atomic mass is 9.78. The number of rotatable bonds is 14. The molecule has 0 saturated carbocycles. The SMILES string of the molecule is COc1ccc(C(OC[C@H]2O[C@@H](n3cnc4c(N[C@H]5c6c(ccc7ccccc67)[C@@H](OC(C)=O)[C@H](OC(C)=O)[C@@H]5OC(C)=O)ncnc43)C[C@@H]2O)(c2ccccc2)c2ccc(OC)cc2)cc1. The van der Waals surface area contributed by atoms with Crippen LogP contribution in [-0.2, 0) is 43.7 Å². The summed E-state index contributed by atoms with van der Waals surface area (Å²) < 4.78 is 44.1. The van der Waals surface area contributed by atoms with E-state index < -0.39 is 66.3 Å². The van der Waals surface area contributed by atoms with Gasteiger partial charge in [0.2, 0.25) is 0 Å². The van der Waals surface area contributed by atoms with E-state index >= 15 is 0 Å². The number of ether oxygens (including phenoxy) is 7. The van der Waals surface area contributed by atoms with Crippen molar-refractivity contribution < 1.29 is 52.6 Å². The van der Waals surface area contributed by atoms with E-state index in [0.29, 0.717) is 33.8 Å². The quantitative estimate of drug-likeness (QED) is 0.0628. The summed E-state index contributed by atoms with van der Waals surface area (Å²) in [7, 11) is 3.23. The van der Waals surface area contributed by atoms with Crippen molar-refractivity contribution in [1.29, 1.82) is 0 Å². The first-order chi connectivity index (χ1) is 32.5. The van der Waals surface area contributed by atoms with Gasteiger partial charge in [-0.15, -0.1) is 0 Å². The molecule has 16 heteroatoms. The molecule has 0 spiro atoms. The van der Waals surface area contributed by atoms with Gasteiger partial charge in [-0.25, -0.2) is 15.0 Å². The Labute approximate surface area is 385 Å². The Balaban J connectivity index is 1.05. The maximum atomic E-state index is 12.8. The first-order valence-electron chi connectivity index (χ1n) is 21.8. The molecule has 2 aliphatic rings. The van der Waals surface area contributed by atoms with Crippen molar-refractivity contribution in [3.63, 3.8) is 0 Å². The number of hydrogen-bond acceptors (Lipinski definition) is 15. The van der Waals surface area contributed by atoms with E-state index in [1.54, 1.807) is 25.1 Å². The summed E-state index contributed by atoms with van der Waals surface area (Å²) in [6.45, 7) is 3.73. The summed E-state index contributed by atoms with van der Waals surface area (Å²) >= 11 is 0. The second kappa shape index (κ2) is 18.8. The summed E-state index contributed by atoms with van der Waals surface area (Å²) in [5.41, 5.74) is 3.30. The molecule has 7 atom stereocenters. The molecule has 2 N–H and O–H groups in total. The number of methoxy groups -OCH3 is 2. The molecule has 0 bridgehead atoms. The molecule has 2 aromatic heterocycles. The Morgan fingerprint density at radius 1 is 0.731 bits per heavy atom. The van der Waals surface area contributed by atoms with Crippen LogP contribution in [0.1, 0.15) is 73.4 Å². The molecule has 7 aromatic rings. The standard InChI is InChI=1S/C51H49N5O11/c1-29(57)64-46-39-24-15-32-11-9-10-14-38(32)43(39)44(47(65-30(2)58)48(46)66-31(3)59)55-49-45-50(53-27-52-49)56(28-54-45)42-25-40(60)41(67-42)26-63-51(33-12-7-6-8-13-33,34-16-20-36(61-4)21-17-34)35-18-22-37(62-5)23-19-35/h6-24,27-28,40-42,44,46-48,60H,25-26H2,1-5H3,(H,52,53,55)/t40-,41+,42+,44-,46+,47+,48-/m0/s1. The summed E-state index contributed by atoms with van der Waals surface area (Å²) in [6.07, 6.45) is -2.86. The zero-order valence-corrected chi connectivity index (χ0v) is 37.4. The smallest absolute Gasteiger partial charge is 0.303 e. The first kappa shape index (κ1) is 44.8. The van der Waals surface area contributed by atoms with Crippen molar-refractivity contribution in [1.82, 2.24) is 19.5 Å². The van der Waals surface area contributed by atoms with Crippen LogP contribution in [-0.4, -0.2) is 87.8 Å². The Morgan fingerprint density at radius 3 is 1.99 bits per heavy atom.